The molecule has 5 nitrogen and oxygen atoms in total. The number of amides is 1. The summed E-state index contributed by atoms with van der Waals surface area (Å²) in [6.45, 7) is 1.42. The van der Waals surface area contributed by atoms with Gasteiger partial charge in [-0.15, -0.1) is 0 Å². The number of nitrogens with one attached hydrogen (secondary N) is 1. The zero-order chi connectivity index (χ0) is 14.4. The number of ether oxygens (including phenoxy) is 1. The van der Waals surface area contributed by atoms with E-state index in [4.69, 9.17) is 21.4 Å². The van der Waals surface area contributed by atoms with E-state index >= 15 is 0 Å². The average molecular weight is 286 g/mol. The highest BCUT2D eigenvalue weighted by molar-refractivity contribution is 6.32. The Hall–Kier alpha value is -1.75. The van der Waals surface area contributed by atoms with Gasteiger partial charge in [-0.1, -0.05) is 17.7 Å². The molecule has 0 saturated carbocycles. The lowest BCUT2D eigenvalue weighted by atomic mass is 10.1. The number of benzene rings is 1. The highest BCUT2D eigenvalue weighted by atomic mass is 35.5. The lowest BCUT2D eigenvalue weighted by Crippen LogP contribution is -2.38. The van der Waals surface area contributed by atoms with Gasteiger partial charge in [0.25, 0.3) is 0 Å². The molecular weight excluding hydrogens is 270 g/mol. The van der Waals surface area contributed by atoms with Crippen LogP contribution in [0.4, 0.5) is 0 Å². The minimum atomic E-state index is -1.05. The zero-order valence-corrected chi connectivity index (χ0v) is 11.5. The molecule has 0 aliphatic rings. The van der Waals surface area contributed by atoms with E-state index in [1.807, 2.05) is 6.07 Å². The smallest absolute Gasteiger partial charge is 0.325 e. The molecule has 1 aromatic carbocycles. The van der Waals surface area contributed by atoms with Crippen molar-refractivity contribution in [1.82, 2.24) is 5.32 Å². The second-order valence-corrected chi connectivity index (χ2v) is 4.50. The number of carboxylic acids is 1. The second-order valence-electron chi connectivity index (χ2n) is 4.10. The monoisotopic (exact) mass is 285 g/mol. The molecule has 19 heavy (non-hydrogen) atoms. The quantitative estimate of drug-likeness (QED) is 0.837. The van der Waals surface area contributed by atoms with E-state index in [1.54, 1.807) is 12.1 Å². The molecule has 0 aliphatic heterocycles. The fourth-order valence-electron chi connectivity index (χ4n) is 1.50. The third-order valence-electron chi connectivity index (χ3n) is 2.60. The van der Waals surface area contributed by atoms with Crippen LogP contribution >= 0.6 is 11.6 Å². The predicted molar refractivity (Wildman–Crippen MR) is 71.6 cm³/mol. The van der Waals surface area contributed by atoms with Crippen LogP contribution in [0.15, 0.2) is 18.2 Å². The molecule has 1 atom stereocenters. The van der Waals surface area contributed by atoms with Crippen molar-refractivity contribution < 1.29 is 19.4 Å². The van der Waals surface area contributed by atoms with Crippen molar-refractivity contribution in [3.8, 4) is 5.75 Å². The third-order valence-corrected chi connectivity index (χ3v) is 2.90. The molecule has 0 spiro atoms. The van der Waals surface area contributed by atoms with Gasteiger partial charge in [-0.2, -0.15) is 0 Å². The molecule has 0 fully saturated rings. The Morgan fingerprint density at radius 1 is 1.47 bits per heavy atom. The Labute approximate surface area is 116 Å². The summed E-state index contributed by atoms with van der Waals surface area (Å²) in [5, 5.41) is 11.5. The van der Waals surface area contributed by atoms with Crippen LogP contribution in [0.25, 0.3) is 0 Å². The molecule has 0 unspecified atom stereocenters. The van der Waals surface area contributed by atoms with Crippen LogP contribution in [-0.4, -0.2) is 30.1 Å². The first-order valence-electron chi connectivity index (χ1n) is 5.78. The van der Waals surface area contributed by atoms with Crippen molar-refractivity contribution in [3.05, 3.63) is 28.8 Å². The molecule has 6 heteroatoms. The van der Waals surface area contributed by atoms with Crippen LogP contribution in [0.3, 0.4) is 0 Å². The number of methoxy groups -OCH3 is 1. The fraction of sp³-hybridized carbons (Fsp3) is 0.385. The van der Waals surface area contributed by atoms with E-state index in [-0.39, 0.29) is 12.3 Å². The minimum Gasteiger partial charge on any atom is -0.495 e. The van der Waals surface area contributed by atoms with Crippen molar-refractivity contribution in [3.63, 3.8) is 0 Å². The molecule has 1 aromatic rings. The standard InChI is InChI=1S/C13H16ClNO4/c1-8(13(17)18)15-12(16)6-4-9-3-5-11(19-2)10(14)7-9/h3,5,7-8H,4,6H2,1-2H3,(H,15,16)(H,17,18)/t8-/m1/s1. The SMILES string of the molecule is COc1ccc(CCC(=O)N[C@H](C)C(=O)O)cc1Cl. The summed E-state index contributed by atoms with van der Waals surface area (Å²) < 4.78 is 5.03. The molecule has 1 amide bonds. The van der Waals surface area contributed by atoms with Crippen LogP contribution in [0.2, 0.25) is 5.02 Å². The van der Waals surface area contributed by atoms with E-state index in [9.17, 15) is 9.59 Å². The normalized spacial score (nSPS) is 11.7. The first-order chi connectivity index (χ1) is 8.93. The molecule has 0 saturated heterocycles. The number of aryl methyl sites for hydroxylation is 1. The van der Waals surface area contributed by atoms with Gasteiger partial charge in [-0.25, -0.2) is 0 Å². The van der Waals surface area contributed by atoms with Gasteiger partial charge in [0.05, 0.1) is 12.1 Å². The molecule has 0 aromatic heterocycles. The summed E-state index contributed by atoms with van der Waals surface area (Å²) in [5.41, 5.74) is 0.893. The lowest BCUT2D eigenvalue weighted by molar-refractivity contribution is -0.141. The van der Waals surface area contributed by atoms with Crippen molar-refractivity contribution in [1.29, 1.82) is 0 Å². The topological polar surface area (TPSA) is 75.6 Å². The number of carbonyl (C=O) groups is 2. The van der Waals surface area contributed by atoms with Gasteiger partial charge in [-0.3, -0.25) is 9.59 Å². The maximum absolute atomic E-state index is 11.5. The summed E-state index contributed by atoms with van der Waals surface area (Å²) >= 11 is 5.97. The van der Waals surface area contributed by atoms with Gasteiger partial charge in [0, 0.05) is 6.42 Å². The summed E-state index contributed by atoms with van der Waals surface area (Å²) in [5.74, 6) is -0.781. The Morgan fingerprint density at radius 2 is 2.16 bits per heavy atom. The van der Waals surface area contributed by atoms with Crippen LogP contribution in [0.5, 0.6) is 5.75 Å². The third kappa shape index (κ3) is 4.79. The van der Waals surface area contributed by atoms with Gasteiger partial charge in [-0.05, 0) is 31.0 Å². The molecule has 0 bridgehead atoms. The van der Waals surface area contributed by atoms with Crippen LogP contribution in [0, 0.1) is 0 Å². The molecule has 0 radical (unpaired) electrons. The van der Waals surface area contributed by atoms with Crippen molar-refractivity contribution in [2.45, 2.75) is 25.8 Å². The highest BCUT2D eigenvalue weighted by Crippen LogP contribution is 2.25. The summed E-state index contributed by atoms with van der Waals surface area (Å²) in [6.07, 6.45) is 0.697. The molecule has 1 rings (SSSR count). The van der Waals surface area contributed by atoms with Gasteiger partial charge in [0.1, 0.15) is 11.8 Å². The van der Waals surface area contributed by atoms with Gasteiger partial charge >= 0.3 is 5.97 Å². The van der Waals surface area contributed by atoms with E-state index in [0.717, 1.165) is 5.56 Å². The van der Waals surface area contributed by atoms with Crippen LogP contribution in [-0.2, 0) is 16.0 Å². The van der Waals surface area contributed by atoms with E-state index in [2.05, 4.69) is 5.32 Å². The van der Waals surface area contributed by atoms with E-state index < -0.39 is 12.0 Å². The molecule has 2 N–H and O–H groups in total. The zero-order valence-electron chi connectivity index (χ0n) is 10.8. The maximum Gasteiger partial charge on any atom is 0.325 e. The fourth-order valence-corrected chi connectivity index (χ4v) is 1.78. The Bertz CT molecular complexity index is 476. The first-order valence-corrected chi connectivity index (χ1v) is 6.16. The van der Waals surface area contributed by atoms with E-state index in [0.29, 0.717) is 17.2 Å². The number of hydrogen-bond acceptors (Lipinski definition) is 3. The number of aliphatic carboxylic acids is 1. The molecule has 0 heterocycles. The minimum absolute atomic E-state index is 0.209. The summed E-state index contributed by atoms with van der Waals surface area (Å²) in [4.78, 5) is 22.1. The van der Waals surface area contributed by atoms with E-state index in [1.165, 1.54) is 14.0 Å². The first kappa shape index (κ1) is 15.3. The number of hydrogen-bond donors (Lipinski definition) is 2. The van der Waals surface area contributed by atoms with Crippen molar-refractivity contribution in [2.75, 3.05) is 7.11 Å². The van der Waals surface area contributed by atoms with Crippen LogP contribution in [0.1, 0.15) is 18.9 Å². The highest BCUT2D eigenvalue weighted by Gasteiger charge is 2.13. The van der Waals surface area contributed by atoms with Crippen molar-refractivity contribution in [2.24, 2.45) is 0 Å². The van der Waals surface area contributed by atoms with Gasteiger partial charge in [0.2, 0.25) is 5.91 Å². The predicted octanol–water partition coefficient (Wildman–Crippen LogP) is 1.87. The number of rotatable bonds is 6. The number of halogens is 1. The molecule has 0 aliphatic carbocycles. The van der Waals surface area contributed by atoms with Crippen LogP contribution < -0.4 is 10.1 Å². The Balaban J connectivity index is 2.50. The average Bonchev–Trinajstić information content (AvgIpc) is 2.36. The second kappa shape index (κ2) is 6.99. The summed E-state index contributed by atoms with van der Waals surface area (Å²) in [7, 11) is 1.53. The molecular formula is C13H16ClNO4. The molecule has 104 valence electrons. The van der Waals surface area contributed by atoms with Gasteiger partial charge < -0.3 is 15.2 Å². The Morgan fingerprint density at radius 3 is 2.68 bits per heavy atom. The van der Waals surface area contributed by atoms with Crippen molar-refractivity contribution >= 4 is 23.5 Å². The Kier molecular flexibility index (Phi) is 5.63. The largest absolute Gasteiger partial charge is 0.495 e. The lowest BCUT2D eigenvalue weighted by Gasteiger charge is -2.09. The number of carboxylic acid groups (broad SMARTS) is 1. The number of carbonyl (C=O) groups excluding carboxylic acids is 1. The summed E-state index contributed by atoms with van der Waals surface area (Å²) in [6, 6.07) is 4.40. The van der Waals surface area contributed by atoms with Gasteiger partial charge in [0.15, 0.2) is 0 Å². The maximum atomic E-state index is 11.5.